The molecular formula is C101H60N2. The van der Waals surface area contributed by atoms with Crippen LogP contribution < -0.4 is 0 Å². The summed E-state index contributed by atoms with van der Waals surface area (Å²) in [5, 5.41) is 9.93. The number of nitrogens with zero attached hydrogens (tertiary/aromatic N) is 2. The summed E-state index contributed by atoms with van der Waals surface area (Å²) in [4.78, 5) is 0. The van der Waals surface area contributed by atoms with Crippen LogP contribution in [0.1, 0.15) is 66.8 Å². The van der Waals surface area contributed by atoms with Gasteiger partial charge in [-0.15, -0.1) is 0 Å². The van der Waals surface area contributed by atoms with Gasteiger partial charge in [-0.05, 0) is 185 Å². The Bertz CT molecular complexity index is 6630. The molecule has 103 heavy (non-hydrogen) atoms. The van der Waals surface area contributed by atoms with Crippen LogP contribution in [0.5, 0.6) is 0 Å². The van der Waals surface area contributed by atoms with Gasteiger partial charge in [0, 0.05) is 21.5 Å². The Hall–Kier alpha value is -13.1. The lowest BCUT2D eigenvalue weighted by molar-refractivity contribution is 0.748. The molecule has 0 radical (unpaired) electrons. The van der Waals surface area contributed by atoms with Crippen molar-refractivity contribution in [2.45, 2.75) is 16.2 Å². The minimum absolute atomic E-state index is 0.627. The molecule has 2 atom stereocenters. The lowest BCUT2D eigenvalue weighted by Crippen LogP contribution is -2.33. The van der Waals surface area contributed by atoms with E-state index in [9.17, 15) is 0 Å². The van der Waals surface area contributed by atoms with Crippen LogP contribution in [0.25, 0.3) is 143 Å². The van der Waals surface area contributed by atoms with Crippen LogP contribution in [0.2, 0.25) is 0 Å². The van der Waals surface area contributed by atoms with Gasteiger partial charge >= 0.3 is 0 Å². The maximum absolute atomic E-state index is 2.61. The Morgan fingerprint density at radius 1 is 0.175 bits per heavy atom. The van der Waals surface area contributed by atoms with Crippen LogP contribution in [-0.2, 0) is 16.2 Å². The van der Waals surface area contributed by atoms with Crippen molar-refractivity contribution in [3.63, 3.8) is 0 Å². The molecule has 0 fully saturated rings. The number of hydrogen-bond acceptors (Lipinski definition) is 0. The van der Waals surface area contributed by atoms with Crippen LogP contribution in [0.4, 0.5) is 0 Å². The lowest BCUT2D eigenvalue weighted by atomic mass is 9.65. The third-order valence-electron chi connectivity index (χ3n) is 24.8. The molecule has 0 amide bonds. The van der Waals surface area contributed by atoms with Gasteiger partial charge in [0.1, 0.15) is 0 Å². The fourth-order valence-electron chi connectivity index (χ4n) is 21.3. The Kier molecular flexibility index (Phi) is 10.9. The van der Waals surface area contributed by atoms with E-state index in [-0.39, 0.29) is 0 Å². The first kappa shape index (κ1) is 55.7. The van der Waals surface area contributed by atoms with Crippen molar-refractivity contribution >= 4 is 65.2 Å². The highest BCUT2D eigenvalue weighted by Crippen LogP contribution is 2.67. The second-order valence-electron chi connectivity index (χ2n) is 29.0. The number of hydrogen-bond donors (Lipinski definition) is 0. The predicted octanol–water partition coefficient (Wildman–Crippen LogP) is 24.9. The van der Waals surface area contributed by atoms with Crippen LogP contribution in [0.3, 0.4) is 0 Å². The number of aromatic nitrogens is 2. The zero-order valence-corrected chi connectivity index (χ0v) is 56.0. The summed E-state index contributed by atoms with van der Waals surface area (Å²) in [6.07, 6.45) is 0. The number of benzene rings is 17. The van der Waals surface area contributed by atoms with E-state index in [2.05, 4.69) is 373 Å². The second-order valence-corrected chi connectivity index (χ2v) is 29.0. The van der Waals surface area contributed by atoms with E-state index < -0.39 is 16.2 Å². The van der Waals surface area contributed by atoms with Crippen molar-refractivity contribution in [2.24, 2.45) is 0 Å². The molecule has 5 aliphatic rings. The highest BCUT2D eigenvalue weighted by atomic mass is 15.0. The van der Waals surface area contributed by atoms with Gasteiger partial charge in [0.25, 0.3) is 0 Å². The Morgan fingerprint density at radius 3 is 1.02 bits per heavy atom. The monoisotopic (exact) mass is 1300 g/mol. The summed E-state index contributed by atoms with van der Waals surface area (Å²) in [6.45, 7) is 0. The maximum Gasteiger partial charge on any atom is 0.0754 e. The Morgan fingerprint density at radius 2 is 0.505 bits per heavy atom. The van der Waals surface area contributed by atoms with Gasteiger partial charge in [-0.25, -0.2) is 0 Å². The quantitative estimate of drug-likeness (QED) is 0.152. The summed E-state index contributed by atoms with van der Waals surface area (Å²) in [5.41, 5.74) is 36.0. The Balaban J connectivity index is 0.832. The van der Waals surface area contributed by atoms with E-state index in [0.717, 1.165) is 0 Å². The lowest BCUT2D eigenvalue weighted by Gasteiger charge is -2.39. The molecular weight excluding hydrogens is 1240 g/mol. The molecule has 0 bridgehead atoms. The van der Waals surface area contributed by atoms with Crippen LogP contribution in [0, 0.1) is 0 Å². The average molecular weight is 1300 g/mol. The molecule has 3 aliphatic carbocycles. The highest BCUT2D eigenvalue weighted by Gasteiger charge is 2.54. The standard InChI is InChI=1S/C101H60N2/c1-3-28-61(29-4-1)99(62-30-5-2-6-31-62)80-47-12-7-32-65(80)72-43-23-46-77(96(72)99)93-70-39-21-37-63(68-41-24-52-85-94(68)75-35-8-13-48-81(75)100(85)83-50-15-19-58-91(83)102-89-56-17-10-33-66(89)73-44-26-54-87(100)97(73)102)78(70)60-79-64(38-22-40-71(79)93)69-42-25-53-86-95(69)76-36-9-14-49-82(76)101(86)84-51-16-20-59-92(84)103-90-57-18-11-34-67(90)74-45-27-55-88(101)98(74)103/h1-60H. The number of rotatable bonds is 5. The van der Waals surface area contributed by atoms with E-state index in [0.29, 0.717) is 0 Å². The minimum Gasteiger partial charge on any atom is -0.309 e. The van der Waals surface area contributed by atoms with Crippen molar-refractivity contribution in [1.29, 1.82) is 0 Å². The van der Waals surface area contributed by atoms with Crippen molar-refractivity contribution in [3.8, 4) is 78.1 Å². The summed E-state index contributed by atoms with van der Waals surface area (Å²) in [6, 6.07) is 140. The van der Waals surface area contributed by atoms with Gasteiger partial charge in [-0.2, -0.15) is 0 Å². The molecule has 24 rings (SSSR count). The zero-order chi connectivity index (χ0) is 67.0. The first-order valence-electron chi connectivity index (χ1n) is 36.2. The van der Waals surface area contributed by atoms with Gasteiger partial charge in [0.05, 0.1) is 49.7 Å². The molecule has 0 N–H and O–H groups in total. The molecule has 2 unspecified atom stereocenters. The van der Waals surface area contributed by atoms with Crippen LogP contribution >= 0.6 is 0 Å². The van der Waals surface area contributed by atoms with E-state index in [1.54, 1.807) is 0 Å². The van der Waals surface area contributed by atoms with Crippen molar-refractivity contribution < 1.29 is 0 Å². The van der Waals surface area contributed by atoms with Gasteiger partial charge in [0.2, 0.25) is 0 Å². The molecule has 17 aromatic carbocycles. The first-order valence-corrected chi connectivity index (χ1v) is 36.2. The normalized spacial score (nSPS) is 16.3. The molecule has 2 nitrogen and oxygen atoms in total. The molecule has 2 heteroatoms. The molecule has 2 aliphatic heterocycles. The maximum atomic E-state index is 2.61. The van der Waals surface area contributed by atoms with Gasteiger partial charge < -0.3 is 9.13 Å². The summed E-state index contributed by atoms with van der Waals surface area (Å²) >= 11 is 0. The predicted molar refractivity (Wildman–Crippen MR) is 425 cm³/mol. The molecule has 0 saturated heterocycles. The van der Waals surface area contributed by atoms with Crippen molar-refractivity contribution in [1.82, 2.24) is 9.13 Å². The highest BCUT2D eigenvalue weighted by molar-refractivity contribution is 6.23. The van der Waals surface area contributed by atoms with Gasteiger partial charge in [-0.3, -0.25) is 0 Å². The SMILES string of the molecule is c1ccc(C2(c3ccccc3)c3ccccc3-c3cccc(-c4c5cccc(-c6cccc7c6-c6ccccc6C76c7ccccc7-n7c8ccccc8c8cccc6c87)c5cc5c(-c6cccc7c6-c6ccccc6C76c7ccccc7-n7c8ccccc8c8cccc6c87)cccc45)c32)cc1. The van der Waals surface area contributed by atoms with E-state index >= 15 is 0 Å². The second kappa shape index (κ2) is 20.1. The molecule has 474 valence electrons. The van der Waals surface area contributed by atoms with E-state index in [1.807, 2.05) is 0 Å². The topological polar surface area (TPSA) is 9.86 Å². The van der Waals surface area contributed by atoms with Crippen LogP contribution in [-0.4, -0.2) is 9.13 Å². The average Bonchev–Trinajstić information content (AvgIpc) is 1.52. The van der Waals surface area contributed by atoms with Crippen LogP contribution in [0.15, 0.2) is 364 Å². The molecule has 2 spiro atoms. The fraction of sp³-hybridized carbons (Fsp3) is 0.0297. The van der Waals surface area contributed by atoms with E-state index in [1.165, 1.54) is 210 Å². The summed E-state index contributed by atoms with van der Waals surface area (Å²) in [7, 11) is 0. The smallest absolute Gasteiger partial charge is 0.0754 e. The number of fused-ring (bicyclic) bond motifs is 29. The largest absolute Gasteiger partial charge is 0.309 e. The summed E-state index contributed by atoms with van der Waals surface area (Å²) in [5.74, 6) is 0. The first-order chi connectivity index (χ1) is 51.2. The molecule has 2 aromatic heterocycles. The minimum atomic E-state index is -0.680. The van der Waals surface area contributed by atoms with Gasteiger partial charge in [-0.1, -0.05) is 334 Å². The molecule has 0 saturated carbocycles. The third kappa shape index (κ3) is 6.64. The molecule has 19 aromatic rings. The summed E-state index contributed by atoms with van der Waals surface area (Å²) < 4.78 is 5.11. The van der Waals surface area contributed by atoms with E-state index in [4.69, 9.17) is 0 Å². The fourth-order valence-corrected chi connectivity index (χ4v) is 21.3. The zero-order valence-electron chi connectivity index (χ0n) is 56.0. The third-order valence-corrected chi connectivity index (χ3v) is 24.8. The molecule has 4 heterocycles. The number of para-hydroxylation sites is 6. The Labute approximate surface area is 595 Å². The van der Waals surface area contributed by atoms with Gasteiger partial charge in [0.15, 0.2) is 0 Å². The van der Waals surface area contributed by atoms with Crippen molar-refractivity contribution in [2.75, 3.05) is 0 Å². The van der Waals surface area contributed by atoms with Crippen molar-refractivity contribution in [3.05, 3.63) is 431 Å².